The number of rotatable bonds is 7. The third-order valence-electron chi connectivity index (χ3n) is 4.67. The molecule has 5 nitrogen and oxygen atoms in total. The quantitative estimate of drug-likeness (QED) is 0.369. The number of aromatic nitrogens is 2. The van der Waals surface area contributed by atoms with Crippen molar-refractivity contribution in [1.82, 2.24) is 15.1 Å². The third-order valence-corrected chi connectivity index (χ3v) is 5.53. The molecule has 0 radical (unpaired) electrons. The molecule has 0 aliphatic rings. The zero-order chi connectivity index (χ0) is 20.9. The maximum Gasteiger partial charge on any atom is 0.254 e. The monoisotopic (exact) mass is 415 g/mol. The van der Waals surface area contributed by atoms with Gasteiger partial charge in [-0.3, -0.25) is 4.79 Å². The van der Waals surface area contributed by atoms with Crippen molar-refractivity contribution in [3.8, 4) is 22.9 Å². The highest BCUT2D eigenvalue weighted by Gasteiger charge is 2.17. The van der Waals surface area contributed by atoms with Gasteiger partial charge in [-0.2, -0.15) is 0 Å². The summed E-state index contributed by atoms with van der Waals surface area (Å²) in [7, 11) is 0. The lowest BCUT2D eigenvalue weighted by molar-refractivity contribution is 0.0764. The topological polar surface area (TPSA) is 59.2 Å². The average molecular weight is 416 g/mol. The zero-order valence-electron chi connectivity index (χ0n) is 16.6. The van der Waals surface area contributed by atoms with Gasteiger partial charge in [-0.1, -0.05) is 29.8 Å². The highest BCUT2D eigenvalue weighted by atomic mass is 32.1. The molecule has 0 saturated carbocycles. The lowest BCUT2D eigenvalue weighted by atomic mass is 10.1. The van der Waals surface area contributed by atoms with Gasteiger partial charge in [-0.25, -0.2) is 0 Å². The first-order valence-electron chi connectivity index (χ1n) is 9.57. The Kier molecular flexibility index (Phi) is 5.86. The summed E-state index contributed by atoms with van der Waals surface area (Å²) in [5.41, 5.74) is 3.42. The Morgan fingerprint density at radius 3 is 2.23 bits per heavy atom. The van der Waals surface area contributed by atoms with Crippen molar-refractivity contribution < 1.29 is 9.21 Å². The second-order valence-electron chi connectivity index (χ2n) is 6.91. The van der Waals surface area contributed by atoms with Crippen molar-refractivity contribution in [2.45, 2.75) is 13.5 Å². The minimum absolute atomic E-state index is 0.0410. The maximum absolute atomic E-state index is 13.0. The SMILES string of the molecule is C=CCN(Cc1cccs1)C(=O)c1ccc(-c2nnc(-c3ccc(C)cc3)o2)cc1. The molecule has 0 aliphatic heterocycles. The van der Waals surface area contributed by atoms with E-state index in [0.717, 1.165) is 16.0 Å². The summed E-state index contributed by atoms with van der Waals surface area (Å²) in [6, 6.07) is 19.2. The van der Waals surface area contributed by atoms with Crippen molar-refractivity contribution in [3.63, 3.8) is 0 Å². The van der Waals surface area contributed by atoms with Crippen molar-refractivity contribution >= 4 is 17.2 Å². The zero-order valence-corrected chi connectivity index (χ0v) is 17.4. The van der Waals surface area contributed by atoms with Gasteiger partial charge in [0.1, 0.15) is 0 Å². The van der Waals surface area contributed by atoms with Crippen LogP contribution < -0.4 is 0 Å². The summed E-state index contributed by atoms with van der Waals surface area (Å²) in [6.45, 7) is 6.86. The standard InChI is InChI=1S/C24H21N3O2S/c1-3-14-27(16-21-5-4-15-30-21)24(28)20-12-10-19(11-13-20)23-26-25-22(29-23)18-8-6-17(2)7-9-18/h3-13,15H,1,14,16H2,2H3. The van der Waals surface area contributed by atoms with Crippen LogP contribution in [0.4, 0.5) is 0 Å². The highest BCUT2D eigenvalue weighted by molar-refractivity contribution is 7.09. The molecule has 30 heavy (non-hydrogen) atoms. The van der Waals surface area contributed by atoms with Gasteiger partial charge in [0.2, 0.25) is 11.8 Å². The van der Waals surface area contributed by atoms with Crippen LogP contribution in [-0.2, 0) is 6.54 Å². The molecule has 0 bridgehead atoms. The molecular weight excluding hydrogens is 394 g/mol. The van der Waals surface area contributed by atoms with E-state index in [4.69, 9.17) is 4.42 Å². The van der Waals surface area contributed by atoms with E-state index in [-0.39, 0.29) is 5.91 Å². The summed E-state index contributed by atoms with van der Waals surface area (Å²) >= 11 is 1.63. The molecule has 2 heterocycles. The number of hydrogen-bond acceptors (Lipinski definition) is 5. The van der Waals surface area contributed by atoms with Gasteiger partial charge in [-0.05, 0) is 54.8 Å². The number of thiophene rings is 1. The van der Waals surface area contributed by atoms with Crippen LogP contribution in [0, 0.1) is 6.92 Å². The third kappa shape index (κ3) is 4.39. The molecule has 4 aromatic rings. The molecule has 2 aromatic carbocycles. The number of nitrogens with zero attached hydrogens (tertiary/aromatic N) is 3. The lowest BCUT2D eigenvalue weighted by Gasteiger charge is -2.20. The van der Waals surface area contributed by atoms with Crippen molar-refractivity contribution in [3.05, 3.63) is 94.7 Å². The normalized spacial score (nSPS) is 10.7. The molecular formula is C24H21N3O2S. The Balaban J connectivity index is 1.51. The fourth-order valence-electron chi connectivity index (χ4n) is 3.06. The average Bonchev–Trinajstić information content (AvgIpc) is 3.46. The first-order chi connectivity index (χ1) is 14.6. The van der Waals surface area contributed by atoms with Gasteiger partial charge in [0.15, 0.2) is 0 Å². The molecule has 0 aliphatic carbocycles. The molecule has 4 rings (SSSR count). The van der Waals surface area contributed by atoms with E-state index in [1.165, 1.54) is 5.56 Å². The first-order valence-corrected chi connectivity index (χ1v) is 10.5. The molecule has 6 heteroatoms. The van der Waals surface area contributed by atoms with Gasteiger partial charge < -0.3 is 9.32 Å². The van der Waals surface area contributed by atoms with E-state index in [2.05, 4.69) is 16.8 Å². The molecule has 2 aromatic heterocycles. The second-order valence-corrected chi connectivity index (χ2v) is 7.94. The molecule has 1 amide bonds. The summed E-state index contributed by atoms with van der Waals surface area (Å²) in [5, 5.41) is 10.3. The first kappa shape index (κ1) is 19.8. The number of benzene rings is 2. The van der Waals surface area contributed by atoms with E-state index in [1.54, 1.807) is 34.4 Å². The molecule has 150 valence electrons. The fourth-order valence-corrected chi connectivity index (χ4v) is 3.78. The summed E-state index contributed by atoms with van der Waals surface area (Å²) < 4.78 is 5.82. The van der Waals surface area contributed by atoms with Gasteiger partial charge in [0, 0.05) is 28.1 Å². The predicted molar refractivity (Wildman–Crippen MR) is 119 cm³/mol. The van der Waals surface area contributed by atoms with E-state index in [1.807, 2.05) is 60.8 Å². The van der Waals surface area contributed by atoms with E-state index in [9.17, 15) is 4.79 Å². The van der Waals surface area contributed by atoms with Gasteiger partial charge in [-0.15, -0.1) is 28.1 Å². The van der Waals surface area contributed by atoms with Gasteiger partial charge in [0.05, 0.1) is 6.54 Å². The number of amides is 1. The second kappa shape index (κ2) is 8.88. The molecule has 0 N–H and O–H groups in total. The van der Waals surface area contributed by atoms with Crippen molar-refractivity contribution in [1.29, 1.82) is 0 Å². The minimum Gasteiger partial charge on any atom is -0.416 e. The summed E-state index contributed by atoms with van der Waals surface area (Å²) in [4.78, 5) is 15.9. The van der Waals surface area contributed by atoms with Crippen LogP contribution in [0.3, 0.4) is 0 Å². The smallest absolute Gasteiger partial charge is 0.254 e. The fraction of sp³-hybridized carbons (Fsp3) is 0.125. The Bertz CT molecular complexity index is 1130. The van der Waals surface area contributed by atoms with Crippen LogP contribution in [-0.4, -0.2) is 27.5 Å². The number of hydrogen-bond donors (Lipinski definition) is 0. The van der Waals surface area contributed by atoms with E-state index >= 15 is 0 Å². The van der Waals surface area contributed by atoms with E-state index < -0.39 is 0 Å². The van der Waals surface area contributed by atoms with Crippen LogP contribution in [0.15, 0.2) is 83.1 Å². The Morgan fingerprint density at radius 2 is 1.67 bits per heavy atom. The summed E-state index contributed by atoms with van der Waals surface area (Å²) in [6.07, 6.45) is 1.74. The lowest BCUT2D eigenvalue weighted by Crippen LogP contribution is -2.30. The minimum atomic E-state index is -0.0410. The van der Waals surface area contributed by atoms with Crippen LogP contribution in [0.5, 0.6) is 0 Å². The molecule has 0 unspecified atom stereocenters. The Labute approximate surface area is 179 Å². The predicted octanol–water partition coefficient (Wildman–Crippen LogP) is 5.60. The largest absolute Gasteiger partial charge is 0.416 e. The van der Waals surface area contributed by atoms with Crippen LogP contribution in [0.2, 0.25) is 0 Å². The number of aryl methyl sites for hydroxylation is 1. The highest BCUT2D eigenvalue weighted by Crippen LogP contribution is 2.25. The molecule has 0 saturated heterocycles. The van der Waals surface area contributed by atoms with Gasteiger partial charge >= 0.3 is 0 Å². The Morgan fingerprint density at radius 1 is 1.03 bits per heavy atom. The van der Waals surface area contributed by atoms with Crippen LogP contribution >= 0.6 is 11.3 Å². The Hall–Kier alpha value is -3.51. The summed E-state index contributed by atoms with van der Waals surface area (Å²) in [5.74, 6) is 0.852. The number of carbonyl (C=O) groups is 1. The van der Waals surface area contributed by atoms with E-state index in [0.29, 0.717) is 30.4 Å². The van der Waals surface area contributed by atoms with Crippen molar-refractivity contribution in [2.75, 3.05) is 6.54 Å². The molecule has 0 fully saturated rings. The molecule has 0 spiro atoms. The molecule has 0 atom stereocenters. The van der Waals surface area contributed by atoms with Crippen molar-refractivity contribution in [2.24, 2.45) is 0 Å². The van der Waals surface area contributed by atoms with Crippen LogP contribution in [0.1, 0.15) is 20.8 Å². The number of carbonyl (C=O) groups excluding carboxylic acids is 1. The van der Waals surface area contributed by atoms with Gasteiger partial charge in [0.25, 0.3) is 5.91 Å². The maximum atomic E-state index is 13.0. The van der Waals surface area contributed by atoms with Crippen LogP contribution in [0.25, 0.3) is 22.9 Å².